The number of carbonyl (C=O) groups excluding carboxylic acids is 1. The Morgan fingerprint density at radius 1 is 1.30 bits per heavy atom. The monoisotopic (exact) mass is 275 g/mol. The molecule has 2 unspecified atom stereocenters. The predicted octanol–water partition coefficient (Wildman–Crippen LogP) is 2.99. The maximum atomic E-state index is 11.6. The minimum absolute atomic E-state index is 0.367. The molecule has 110 valence electrons. The number of carbonyl (C=O) groups is 1. The molecule has 20 heavy (non-hydrogen) atoms. The second-order valence-electron chi connectivity index (χ2n) is 6.08. The van der Waals surface area contributed by atoms with Crippen molar-refractivity contribution in [3.05, 3.63) is 23.8 Å². The van der Waals surface area contributed by atoms with E-state index in [-0.39, 0.29) is 0 Å². The molecule has 1 fully saturated rings. The molecule has 2 atom stereocenters. The van der Waals surface area contributed by atoms with Gasteiger partial charge in [0.15, 0.2) is 0 Å². The van der Waals surface area contributed by atoms with Crippen LogP contribution >= 0.6 is 0 Å². The van der Waals surface area contributed by atoms with Gasteiger partial charge in [-0.05, 0) is 36.8 Å². The molecule has 5 N–H and O–H groups in total. The standard InChI is InChI=1S/C16H25N3O/c1-10(2)11-6-3-4-9-14(11)19-15-12(16(18)20)7-5-8-13(15)17/h5,7-8,10-11,14,19H,3-4,6,9,17H2,1-2H3,(H2,18,20). The summed E-state index contributed by atoms with van der Waals surface area (Å²) in [6.45, 7) is 4.52. The highest BCUT2D eigenvalue weighted by molar-refractivity contribution is 6.01. The number of hydrogen-bond donors (Lipinski definition) is 3. The summed E-state index contributed by atoms with van der Waals surface area (Å²) in [5.74, 6) is 0.801. The highest BCUT2D eigenvalue weighted by Gasteiger charge is 2.28. The van der Waals surface area contributed by atoms with Crippen LogP contribution in [0.4, 0.5) is 11.4 Å². The zero-order valence-electron chi connectivity index (χ0n) is 12.4. The number of anilines is 2. The molecule has 0 radical (unpaired) electrons. The average Bonchev–Trinajstić information content (AvgIpc) is 2.41. The molecule has 1 aromatic carbocycles. The van der Waals surface area contributed by atoms with Crippen LogP contribution < -0.4 is 16.8 Å². The first-order chi connectivity index (χ1) is 9.50. The van der Waals surface area contributed by atoms with Crippen LogP contribution in [-0.4, -0.2) is 11.9 Å². The summed E-state index contributed by atoms with van der Waals surface area (Å²) in [4.78, 5) is 11.6. The summed E-state index contributed by atoms with van der Waals surface area (Å²) in [6, 6.07) is 5.67. The normalized spacial score (nSPS) is 22.8. The second kappa shape index (κ2) is 6.16. The molecular formula is C16H25N3O. The van der Waals surface area contributed by atoms with E-state index in [2.05, 4.69) is 19.2 Å². The van der Waals surface area contributed by atoms with Crippen molar-refractivity contribution in [3.63, 3.8) is 0 Å². The van der Waals surface area contributed by atoms with Crippen LogP contribution in [0.3, 0.4) is 0 Å². The van der Waals surface area contributed by atoms with Gasteiger partial charge < -0.3 is 16.8 Å². The first kappa shape index (κ1) is 14.7. The number of primary amides is 1. The van der Waals surface area contributed by atoms with E-state index in [0.717, 1.165) is 6.42 Å². The van der Waals surface area contributed by atoms with Crippen LogP contribution in [0.2, 0.25) is 0 Å². The van der Waals surface area contributed by atoms with Crippen molar-refractivity contribution in [3.8, 4) is 0 Å². The minimum atomic E-state index is -0.434. The first-order valence-electron chi connectivity index (χ1n) is 7.45. The number of rotatable bonds is 4. The molecule has 0 aromatic heterocycles. The quantitative estimate of drug-likeness (QED) is 0.739. The maximum absolute atomic E-state index is 11.6. The van der Waals surface area contributed by atoms with Crippen molar-refractivity contribution in [2.24, 2.45) is 17.6 Å². The summed E-state index contributed by atoms with van der Waals surface area (Å²) in [5, 5.41) is 3.50. The smallest absolute Gasteiger partial charge is 0.250 e. The molecule has 4 heteroatoms. The van der Waals surface area contributed by atoms with Gasteiger partial charge in [0, 0.05) is 6.04 Å². The van der Waals surface area contributed by atoms with Crippen LogP contribution in [0, 0.1) is 11.8 Å². The van der Waals surface area contributed by atoms with Crippen molar-refractivity contribution in [2.75, 3.05) is 11.1 Å². The van der Waals surface area contributed by atoms with Gasteiger partial charge in [0.05, 0.1) is 16.9 Å². The molecule has 1 amide bonds. The van der Waals surface area contributed by atoms with Crippen LogP contribution in [-0.2, 0) is 0 Å². The third kappa shape index (κ3) is 3.06. The lowest BCUT2D eigenvalue weighted by Crippen LogP contribution is -2.36. The summed E-state index contributed by atoms with van der Waals surface area (Å²) in [6.07, 6.45) is 4.86. The average molecular weight is 275 g/mol. The molecule has 1 saturated carbocycles. The summed E-state index contributed by atoms with van der Waals surface area (Å²) in [5.41, 5.74) is 13.3. The largest absolute Gasteiger partial charge is 0.397 e. The van der Waals surface area contributed by atoms with Crippen LogP contribution in [0.25, 0.3) is 0 Å². The highest BCUT2D eigenvalue weighted by Crippen LogP contribution is 2.34. The zero-order chi connectivity index (χ0) is 14.7. The van der Waals surface area contributed by atoms with Crippen molar-refractivity contribution in [2.45, 2.75) is 45.6 Å². The number of nitrogens with one attached hydrogen (secondary N) is 1. The lowest BCUT2D eigenvalue weighted by atomic mass is 9.77. The summed E-state index contributed by atoms with van der Waals surface area (Å²) in [7, 11) is 0. The van der Waals surface area contributed by atoms with E-state index in [1.807, 2.05) is 6.07 Å². The van der Waals surface area contributed by atoms with Gasteiger partial charge in [0.25, 0.3) is 5.91 Å². The number of benzene rings is 1. The molecule has 1 aromatic rings. The number of para-hydroxylation sites is 1. The molecule has 2 rings (SSSR count). The molecule has 0 bridgehead atoms. The number of amides is 1. The van der Waals surface area contributed by atoms with Crippen LogP contribution in [0.5, 0.6) is 0 Å². The van der Waals surface area contributed by atoms with Crippen LogP contribution in [0.15, 0.2) is 18.2 Å². The SMILES string of the molecule is CC(C)C1CCCCC1Nc1c(N)cccc1C(N)=O. The number of nitrogen functional groups attached to an aromatic ring is 1. The van der Waals surface area contributed by atoms with Gasteiger partial charge >= 0.3 is 0 Å². The van der Waals surface area contributed by atoms with Gasteiger partial charge in [-0.25, -0.2) is 0 Å². The molecule has 0 heterocycles. The van der Waals surface area contributed by atoms with E-state index in [4.69, 9.17) is 11.5 Å². The minimum Gasteiger partial charge on any atom is -0.397 e. The maximum Gasteiger partial charge on any atom is 0.250 e. The fourth-order valence-corrected chi connectivity index (χ4v) is 3.26. The topological polar surface area (TPSA) is 81.1 Å². The Kier molecular flexibility index (Phi) is 4.53. The van der Waals surface area contributed by atoms with E-state index in [1.54, 1.807) is 12.1 Å². The molecule has 0 aliphatic heterocycles. The third-order valence-electron chi connectivity index (χ3n) is 4.37. The van der Waals surface area contributed by atoms with Crippen molar-refractivity contribution in [1.29, 1.82) is 0 Å². The first-order valence-corrected chi connectivity index (χ1v) is 7.45. The fraction of sp³-hybridized carbons (Fsp3) is 0.562. The van der Waals surface area contributed by atoms with Gasteiger partial charge in [-0.2, -0.15) is 0 Å². The Morgan fingerprint density at radius 2 is 2.00 bits per heavy atom. The lowest BCUT2D eigenvalue weighted by Gasteiger charge is -2.36. The number of nitrogens with two attached hydrogens (primary N) is 2. The molecular weight excluding hydrogens is 250 g/mol. The lowest BCUT2D eigenvalue weighted by molar-refractivity contribution is 0.100. The third-order valence-corrected chi connectivity index (χ3v) is 4.37. The van der Waals surface area contributed by atoms with Gasteiger partial charge in [-0.1, -0.05) is 32.8 Å². The van der Waals surface area contributed by atoms with Crippen molar-refractivity contribution in [1.82, 2.24) is 0 Å². The van der Waals surface area contributed by atoms with Crippen molar-refractivity contribution >= 4 is 17.3 Å². The Balaban J connectivity index is 2.26. The van der Waals surface area contributed by atoms with E-state index in [1.165, 1.54) is 19.3 Å². The fourth-order valence-electron chi connectivity index (χ4n) is 3.26. The second-order valence-corrected chi connectivity index (χ2v) is 6.08. The van der Waals surface area contributed by atoms with Gasteiger partial charge in [0.2, 0.25) is 0 Å². The Bertz CT molecular complexity index is 485. The van der Waals surface area contributed by atoms with Gasteiger partial charge in [0.1, 0.15) is 0 Å². The molecule has 0 spiro atoms. The van der Waals surface area contributed by atoms with Gasteiger partial charge in [-0.15, -0.1) is 0 Å². The zero-order valence-corrected chi connectivity index (χ0v) is 12.4. The van der Waals surface area contributed by atoms with E-state index in [9.17, 15) is 4.79 Å². The predicted molar refractivity (Wildman–Crippen MR) is 83.6 cm³/mol. The summed E-state index contributed by atoms with van der Waals surface area (Å²) < 4.78 is 0. The van der Waals surface area contributed by atoms with E-state index < -0.39 is 5.91 Å². The number of hydrogen-bond acceptors (Lipinski definition) is 3. The summed E-state index contributed by atoms with van der Waals surface area (Å²) >= 11 is 0. The van der Waals surface area contributed by atoms with Gasteiger partial charge in [-0.3, -0.25) is 4.79 Å². The Hall–Kier alpha value is -1.71. The van der Waals surface area contributed by atoms with Crippen LogP contribution in [0.1, 0.15) is 49.9 Å². The molecule has 4 nitrogen and oxygen atoms in total. The molecule has 1 aliphatic rings. The highest BCUT2D eigenvalue weighted by atomic mass is 16.1. The van der Waals surface area contributed by atoms with Crippen molar-refractivity contribution < 1.29 is 4.79 Å². The van der Waals surface area contributed by atoms with E-state index in [0.29, 0.717) is 34.8 Å². The van der Waals surface area contributed by atoms with E-state index >= 15 is 0 Å². The molecule has 0 saturated heterocycles. The Morgan fingerprint density at radius 3 is 2.65 bits per heavy atom. The Labute approximate surface area is 120 Å². The molecule has 1 aliphatic carbocycles.